The Morgan fingerprint density at radius 3 is 2.69 bits per heavy atom. The van der Waals surface area contributed by atoms with Gasteiger partial charge in [-0.15, -0.1) is 0 Å². The third-order valence-electron chi connectivity index (χ3n) is 2.33. The van der Waals surface area contributed by atoms with Crippen LogP contribution in [0.3, 0.4) is 0 Å². The minimum Gasteiger partial charge on any atom is -0.354 e. The van der Waals surface area contributed by atoms with E-state index in [0.717, 1.165) is 6.42 Å². The molecule has 0 aliphatic rings. The van der Waals surface area contributed by atoms with Crippen molar-refractivity contribution in [3.8, 4) is 0 Å². The summed E-state index contributed by atoms with van der Waals surface area (Å²) in [5.74, 6) is 0.756. The van der Waals surface area contributed by atoms with Crippen molar-refractivity contribution in [2.24, 2.45) is 5.92 Å². The molecule has 0 aromatic carbocycles. The average Bonchev–Trinajstić information content (AvgIpc) is 2.34. The first-order chi connectivity index (χ1) is 7.74. The van der Waals surface area contributed by atoms with Gasteiger partial charge in [-0.2, -0.15) is 0 Å². The van der Waals surface area contributed by atoms with Gasteiger partial charge in [0.05, 0.1) is 0 Å². The molecule has 2 N–H and O–H groups in total. The van der Waals surface area contributed by atoms with Crippen molar-refractivity contribution in [1.29, 1.82) is 0 Å². The van der Waals surface area contributed by atoms with E-state index in [1.165, 1.54) is 0 Å². The van der Waals surface area contributed by atoms with E-state index in [2.05, 4.69) is 20.6 Å². The number of rotatable bonds is 6. The van der Waals surface area contributed by atoms with Crippen LogP contribution in [0.25, 0.3) is 0 Å². The maximum absolute atomic E-state index is 11.4. The maximum atomic E-state index is 11.4. The van der Waals surface area contributed by atoms with Crippen molar-refractivity contribution >= 4 is 11.9 Å². The SMILES string of the molecule is CC[C@H](C)C(=O)NCCNc1ncccn1. The van der Waals surface area contributed by atoms with Gasteiger partial charge in [0.2, 0.25) is 11.9 Å². The predicted octanol–water partition coefficient (Wildman–Crippen LogP) is 1.05. The Morgan fingerprint density at radius 2 is 2.06 bits per heavy atom. The summed E-state index contributed by atoms with van der Waals surface area (Å²) in [5, 5.41) is 5.87. The molecule has 16 heavy (non-hydrogen) atoms. The number of hydrogen-bond donors (Lipinski definition) is 2. The summed E-state index contributed by atoms with van der Waals surface area (Å²) in [6.07, 6.45) is 4.21. The van der Waals surface area contributed by atoms with Crippen LogP contribution < -0.4 is 10.6 Å². The van der Waals surface area contributed by atoms with Gasteiger partial charge in [-0.3, -0.25) is 4.79 Å². The van der Waals surface area contributed by atoms with E-state index >= 15 is 0 Å². The predicted molar refractivity (Wildman–Crippen MR) is 63.0 cm³/mol. The fourth-order valence-corrected chi connectivity index (χ4v) is 1.11. The number of hydrogen-bond acceptors (Lipinski definition) is 4. The summed E-state index contributed by atoms with van der Waals surface area (Å²) < 4.78 is 0. The molecule has 0 spiro atoms. The Morgan fingerprint density at radius 1 is 1.38 bits per heavy atom. The zero-order valence-corrected chi connectivity index (χ0v) is 9.73. The second-order valence-corrected chi connectivity index (χ2v) is 3.60. The van der Waals surface area contributed by atoms with Crippen LogP contribution in [0.4, 0.5) is 5.95 Å². The van der Waals surface area contributed by atoms with Crippen molar-refractivity contribution in [1.82, 2.24) is 15.3 Å². The number of anilines is 1. The van der Waals surface area contributed by atoms with E-state index in [1.807, 2.05) is 13.8 Å². The van der Waals surface area contributed by atoms with Gasteiger partial charge in [0.1, 0.15) is 0 Å². The van der Waals surface area contributed by atoms with Gasteiger partial charge < -0.3 is 10.6 Å². The molecule has 1 heterocycles. The topological polar surface area (TPSA) is 66.9 Å². The molecule has 1 aromatic heterocycles. The minimum atomic E-state index is 0.0768. The van der Waals surface area contributed by atoms with Crippen LogP contribution in [-0.2, 0) is 4.79 Å². The van der Waals surface area contributed by atoms with E-state index in [0.29, 0.717) is 19.0 Å². The van der Waals surface area contributed by atoms with Crippen LogP contribution in [0.1, 0.15) is 20.3 Å². The summed E-state index contributed by atoms with van der Waals surface area (Å²) in [6, 6.07) is 1.76. The monoisotopic (exact) mass is 222 g/mol. The molecule has 1 atom stereocenters. The van der Waals surface area contributed by atoms with Crippen LogP contribution in [0.5, 0.6) is 0 Å². The summed E-state index contributed by atoms with van der Waals surface area (Å²) >= 11 is 0. The third kappa shape index (κ3) is 4.25. The van der Waals surface area contributed by atoms with Crippen molar-refractivity contribution in [3.05, 3.63) is 18.5 Å². The Labute approximate surface area is 95.7 Å². The van der Waals surface area contributed by atoms with E-state index in [4.69, 9.17) is 0 Å². The highest BCUT2D eigenvalue weighted by Gasteiger charge is 2.08. The number of nitrogens with one attached hydrogen (secondary N) is 2. The van der Waals surface area contributed by atoms with Gasteiger partial charge in [-0.25, -0.2) is 9.97 Å². The zero-order chi connectivity index (χ0) is 11.8. The van der Waals surface area contributed by atoms with Crippen LogP contribution in [0.2, 0.25) is 0 Å². The van der Waals surface area contributed by atoms with Gasteiger partial charge in [-0.1, -0.05) is 13.8 Å². The maximum Gasteiger partial charge on any atom is 0.222 e. The number of nitrogens with zero attached hydrogens (tertiary/aromatic N) is 2. The molecule has 0 unspecified atom stereocenters. The standard InChI is InChI=1S/C11H18N4O/c1-3-9(2)10(16)12-7-8-15-11-13-5-4-6-14-11/h4-6,9H,3,7-8H2,1-2H3,(H,12,16)(H,13,14,15)/t9-/m0/s1. The molecule has 0 saturated carbocycles. The van der Waals surface area contributed by atoms with E-state index in [1.54, 1.807) is 18.5 Å². The molecule has 0 aliphatic heterocycles. The summed E-state index contributed by atoms with van der Waals surface area (Å²) in [7, 11) is 0. The molecule has 5 heteroatoms. The van der Waals surface area contributed by atoms with Gasteiger partial charge in [0, 0.05) is 31.4 Å². The van der Waals surface area contributed by atoms with Crippen LogP contribution >= 0.6 is 0 Å². The first-order valence-corrected chi connectivity index (χ1v) is 5.52. The average molecular weight is 222 g/mol. The number of carbonyl (C=O) groups is 1. The van der Waals surface area contributed by atoms with Crippen LogP contribution in [0, 0.1) is 5.92 Å². The second kappa shape index (κ2) is 6.76. The van der Waals surface area contributed by atoms with Crippen molar-refractivity contribution < 1.29 is 4.79 Å². The van der Waals surface area contributed by atoms with Crippen molar-refractivity contribution in [2.45, 2.75) is 20.3 Å². The van der Waals surface area contributed by atoms with E-state index < -0.39 is 0 Å². The van der Waals surface area contributed by atoms with Crippen molar-refractivity contribution in [3.63, 3.8) is 0 Å². The van der Waals surface area contributed by atoms with Gasteiger partial charge in [0.15, 0.2) is 0 Å². The molecule has 1 amide bonds. The van der Waals surface area contributed by atoms with Crippen LogP contribution in [0.15, 0.2) is 18.5 Å². The molecule has 1 aromatic rings. The molecular formula is C11H18N4O. The highest BCUT2D eigenvalue weighted by Crippen LogP contribution is 1.99. The Hall–Kier alpha value is -1.65. The molecule has 5 nitrogen and oxygen atoms in total. The molecule has 0 bridgehead atoms. The smallest absolute Gasteiger partial charge is 0.222 e. The summed E-state index contributed by atoms with van der Waals surface area (Å²) in [6.45, 7) is 5.14. The quantitative estimate of drug-likeness (QED) is 0.706. The molecule has 88 valence electrons. The van der Waals surface area contributed by atoms with Gasteiger partial charge in [-0.05, 0) is 12.5 Å². The lowest BCUT2D eigenvalue weighted by molar-refractivity contribution is -0.124. The van der Waals surface area contributed by atoms with E-state index in [9.17, 15) is 4.79 Å². The lowest BCUT2D eigenvalue weighted by atomic mass is 10.1. The van der Waals surface area contributed by atoms with Gasteiger partial charge in [0.25, 0.3) is 0 Å². The first kappa shape index (κ1) is 12.4. The third-order valence-corrected chi connectivity index (χ3v) is 2.33. The highest BCUT2D eigenvalue weighted by atomic mass is 16.1. The lowest BCUT2D eigenvalue weighted by Crippen LogP contribution is -2.32. The van der Waals surface area contributed by atoms with Gasteiger partial charge >= 0.3 is 0 Å². The summed E-state index contributed by atoms with van der Waals surface area (Å²) in [5.41, 5.74) is 0. The molecule has 0 aliphatic carbocycles. The number of amides is 1. The highest BCUT2D eigenvalue weighted by molar-refractivity contribution is 5.78. The molecule has 0 saturated heterocycles. The Kier molecular flexibility index (Phi) is 5.25. The van der Waals surface area contributed by atoms with Crippen LogP contribution in [-0.4, -0.2) is 29.0 Å². The number of aromatic nitrogens is 2. The second-order valence-electron chi connectivity index (χ2n) is 3.60. The lowest BCUT2D eigenvalue weighted by Gasteiger charge is -2.10. The molecule has 0 fully saturated rings. The Bertz CT molecular complexity index is 315. The fourth-order valence-electron chi connectivity index (χ4n) is 1.11. The normalized spacial score (nSPS) is 11.9. The molecular weight excluding hydrogens is 204 g/mol. The molecule has 0 radical (unpaired) electrons. The molecule has 1 rings (SSSR count). The summed E-state index contributed by atoms with van der Waals surface area (Å²) in [4.78, 5) is 19.4. The first-order valence-electron chi connectivity index (χ1n) is 5.52. The Balaban J connectivity index is 2.15. The largest absolute Gasteiger partial charge is 0.354 e. The number of carbonyl (C=O) groups excluding carboxylic acids is 1. The zero-order valence-electron chi connectivity index (χ0n) is 9.73. The fraction of sp³-hybridized carbons (Fsp3) is 0.545. The minimum absolute atomic E-state index is 0.0768. The van der Waals surface area contributed by atoms with E-state index in [-0.39, 0.29) is 11.8 Å². The van der Waals surface area contributed by atoms with Crippen molar-refractivity contribution in [2.75, 3.05) is 18.4 Å².